The maximum atomic E-state index is 12.5. The molecule has 1 aliphatic heterocycles. The van der Waals surface area contributed by atoms with E-state index in [2.05, 4.69) is 26.3 Å². The van der Waals surface area contributed by atoms with Crippen molar-refractivity contribution in [2.75, 3.05) is 26.7 Å². The Labute approximate surface area is 198 Å². The van der Waals surface area contributed by atoms with Crippen molar-refractivity contribution in [1.29, 1.82) is 0 Å². The molecule has 1 saturated heterocycles. The smallest absolute Gasteiger partial charge is 0.251 e. The lowest BCUT2D eigenvalue weighted by atomic mass is 10.0. The van der Waals surface area contributed by atoms with Gasteiger partial charge in [0, 0.05) is 55.8 Å². The van der Waals surface area contributed by atoms with Gasteiger partial charge >= 0.3 is 0 Å². The molecule has 8 heteroatoms. The van der Waals surface area contributed by atoms with Crippen molar-refractivity contribution in [3.8, 4) is 17.1 Å². The summed E-state index contributed by atoms with van der Waals surface area (Å²) in [5.41, 5.74) is 3.75. The zero-order chi connectivity index (χ0) is 23.3. The van der Waals surface area contributed by atoms with E-state index in [4.69, 9.17) is 9.15 Å². The summed E-state index contributed by atoms with van der Waals surface area (Å²) in [6, 6.07) is 11.7. The molecule has 1 aliphatic rings. The topological polar surface area (TPSA) is 85.4 Å². The minimum atomic E-state index is -0.00973. The summed E-state index contributed by atoms with van der Waals surface area (Å²) in [5.74, 6) is 1.49. The number of rotatable bonds is 8. The number of ether oxygens (including phenoxy) is 1. The number of fused-ring (bicyclic) bond motifs is 1. The molecule has 0 bridgehead atoms. The summed E-state index contributed by atoms with van der Waals surface area (Å²) in [6.45, 7) is 4.26. The molecule has 1 fully saturated rings. The molecule has 5 heterocycles. The fraction of sp³-hybridized carbons (Fsp3) is 0.346. The Morgan fingerprint density at radius 3 is 2.79 bits per heavy atom. The van der Waals surface area contributed by atoms with E-state index in [9.17, 15) is 4.79 Å². The highest BCUT2D eigenvalue weighted by Gasteiger charge is 2.19. The Hall–Kier alpha value is -3.49. The van der Waals surface area contributed by atoms with Crippen molar-refractivity contribution < 1.29 is 9.15 Å². The number of methoxy groups -OCH3 is 1. The molecule has 176 valence electrons. The van der Waals surface area contributed by atoms with Crippen molar-refractivity contribution >= 4 is 11.0 Å². The predicted molar refractivity (Wildman–Crippen MR) is 131 cm³/mol. The van der Waals surface area contributed by atoms with Gasteiger partial charge in [-0.05, 0) is 55.8 Å². The summed E-state index contributed by atoms with van der Waals surface area (Å²) in [4.78, 5) is 23.7. The van der Waals surface area contributed by atoms with Crippen LogP contribution < -0.4 is 15.6 Å². The van der Waals surface area contributed by atoms with Gasteiger partial charge in [0.15, 0.2) is 0 Å². The molecule has 4 aromatic rings. The Bertz CT molecular complexity index is 1290. The van der Waals surface area contributed by atoms with Crippen molar-refractivity contribution in [2.24, 2.45) is 0 Å². The SMILES string of the molecule is COc1cnc2ccc(=O)n(CCN3CCC(NCc4cncc(-c5ccco5)c4)CC3)c2c1. The molecular formula is C26H29N5O3. The van der Waals surface area contributed by atoms with Crippen LogP contribution in [-0.2, 0) is 13.1 Å². The second-order valence-electron chi connectivity index (χ2n) is 8.66. The van der Waals surface area contributed by atoms with Crippen LogP contribution in [0, 0.1) is 0 Å². The van der Waals surface area contributed by atoms with Gasteiger partial charge in [-0.2, -0.15) is 0 Å². The summed E-state index contributed by atoms with van der Waals surface area (Å²) < 4.78 is 12.6. The molecule has 0 unspecified atom stereocenters. The number of nitrogens with zero attached hydrogens (tertiary/aromatic N) is 4. The Morgan fingerprint density at radius 1 is 1.12 bits per heavy atom. The van der Waals surface area contributed by atoms with E-state index < -0.39 is 0 Å². The third kappa shape index (κ3) is 5.03. The highest BCUT2D eigenvalue weighted by molar-refractivity contribution is 5.75. The minimum Gasteiger partial charge on any atom is -0.495 e. The van der Waals surface area contributed by atoms with E-state index in [0.29, 0.717) is 18.3 Å². The first-order valence-corrected chi connectivity index (χ1v) is 11.7. The van der Waals surface area contributed by atoms with Crippen molar-refractivity contribution in [2.45, 2.75) is 32.0 Å². The maximum absolute atomic E-state index is 12.5. The summed E-state index contributed by atoms with van der Waals surface area (Å²) in [5, 5.41) is 3.68. The molecule has 0 aromatic carbocycles. The van der Waals surface area contributed by atoms with Crippen LogP contribution in [0.3, 0.4) is 0 Å². The van der Waals surface area contributed by atoms with Gasteiger partial charge in [0.05, 0.1) is 30.6 Å². The van der Waals surface area contributed by atoms with Gasteiger partial charge in [0.2, 0.25) is 0 Å². The number of aromatic nitrogens is 3. The van der Waals surface area contributed by atoms with Crippen LogP contribution >= 0.6 is 0 Å². The molecule has 4 aromatic heterocycles. The van der Waals surface area contributed by atoms with Crippen molar-refractivity contribution in [3.63, 3.8) is 0 Å². The normalized spacial score (nSPS) is 15.1. The number of nitrogens with one attached hydrogen (secondary N) is 1. The standard InChI is InChI=1S/C26H29N5O3/c1-33-22-14-24-23(29-18-22)4-5-26(32)31(24)11-10-30-8-6-21(7-9-30)28-16-19-13-20(17-27-15-19)25-3-2-12-34-25/h2-5,12-15,17-18,21,28H,6-11,16H2,1H3. The average Bonchev–Trinajstić information content (AvgIpc) is 3.43. The van der Waals surface area contributed by atoms with E-state index in [1.165, 1.54) is 0 Å². The molecule has 8 nitrogen and oxygen atoms in total. The van der Waals surface area contributed by atoms with Gasteiger partial charge in [-0.15, -0.1) is 0 Å². The first-order valence-electron chi connectivity index (χ1n) is 11.7. The lowest BCUT2D eigenvalue weighted by Crippen LogP contribution is -2.43. The van der Waals surface area contributed by atoms with Crippen LogP contribution in [0.15, 0.2) is 70.5 Å². The lowest BCUT2D eigenvalue weighted by Gasteiger charge is -2.32. The lowest BCUT2D eigenvalue weighted by molar-refractivity contribution is 0.191. The number of hydrogen-bond donors (Lipinski definition) is 1. The van der Waals surface area contributed by atoms with E-state index in [1.807, 2.05) is 30.6 Å². The predicted octanol–water partition coefficient (Wildman–Crippen LogP) is 3.31. The van der Waals surface area contributed by atoms with Gasteiger partial charge in [-0.25, -0.2) is 0 Å². The van der Waals surface area contributed by atoms with Crippen LogP contribution in [0.5, 0.6) is 5.75 Å². The van der Waals surface area contributed by atoms with E-state index >= 15 is 0 Å². The quantitative estimate of drug-likeness (QED) is 0.433. The van der Waals surface area contributed by atoms with Gasteiger partial charge < -0.3 is 23.9 Å². The van der Waals surface area contributed by atoms with Crippen LogP contribution in [0.25, 0.3) is 22.4 Å². The van der Waals surface area contributed by atoms with Crippen molar-refractivity contribution in [3.05, 3.63) is 77.2 Å². The van der Waals surface area contributed by atoms with Crippen LogP contribution in [-0.4, -0.2) is 52.2 Å². The van der Waals surface area contributed by atoms with Gasteiger partial charge in [0.25, 0.3) is 5.56 Å². The molecule has 34 heavy (non-hydrogen) atoms. The fourth-order valence-electron chi connectivity index (χ4n) is 4.52. The number of pyridine rings is 3. The first-order chi connectivity index (χ1) is 16.7. The first kappa shape index (κ1) is 22.3. The van der Waals surface area contributed by atoms with Crippen LogP contribution in [0.4, 0.5) is 0 Å². The molecular weight excluding hydrogens is 430 g/mol. The second-order valence-corrected chi connectivity index (χ2v) is 8.66. The molecule has 0 spiro atoms. The van der Waals surface area contributed by atoms with E-state index in [1.54, 1.807) is 36.3 Å². The maximum Gasteiger partial charge on any atom is 0.251 e. The van der Waals surface area contributed by atoms with Gasteiger partial charge in [-0.3, -0.25) is 14.8 Å². The van der Waals surface area contributed by atoms with E-state index in [0.717, 1.165) is 66.9 Å². The number of furan rings is 1. The van der Waals surface area contributed by atoms with Crippen LogP contribution in [0.1, 0.15) is 18.4 Å². The molecule has 0 radical (unpaired) electrons. The zero-order valence-electron chi connectivity index (χ0n) is 19.3. The molecule has 5 rings (SSSR count). The Balaban J connectivity index is 1.14. The third-order valence-electron chi connectivity index (χ3n) is 6.47. The highest BCUT2D eigenvalue weighted by Crippen LogP contribution is 2.20. The third-order valence-corrected chi connectivity index (χ3v) is 6.47. The van der Waals surface area contributed by atoms with Crippen LogP contribution in [0.2, 0.25) is 0 Å². The molecule has 0 amide bonds. The Kier molecular flexibility index (Phi) is 6.69. The molecule has 1 N–H and O–H groups in total. The Morgan fingerprint density at radius 2 is 2.00 bits per heavy atom. The monoisotopic (exact) mass is 459 g/mol. The number of likely N-dealkylation sites (tertiary alicyclic amines) is 1. The molecule has 0 atom stereocenters. The van der Waals surface area contributed by atoms with E-state index in [-0.39, 0.29) is 5.56 Å². The summed E-state index contributed by atoms with van der Waals surface area (Å²) >= 11 is 0. The summed E-state index contributed by atoms with van der Waals surface area (Å²) in [6.07, 6.45) is 9.24. The zero-order valence-corrected chi connectivity index (χ0v) is 19.3. The fourth-order valence-corrected chi connectivity index (χ4v) is 4.52. The largest absolute Gasteiger partial charge is 0.495 e. The van der Waals surface area contributed by atoms with Gasteiger partial charge in [-0.1, -0.05) is 0 Å². The second kappa shape index (κ2) is 10.2. The van der Waals surface area contributed by atoms with Crippen molar-refractivity contribution in [1.82, 2.24) is 24.8 Å². The van der Waals surface area contributed by atoms with Gasteiger partial charge in [0.1, 0.15) is 11.5 Å². The summed E-state index contributed by atoms with van der Waals surface area (Å²) in [7, 11) is 1.61. The highest BCUT2D eigenvalue weighted by atomic mass is 16.5. The average molecular weight is 460 g/mol. The molecule has 0 saturated carbocycles. The number of piperidine rings is 1. The number of hydrogen-bond acceptors (Lipinski definition) is 7. The minimum absolute atomic E-state index is 0.00973. The molecule has 0 aliphatic carbocycles.